The molecule has 0 radical (unpaired) electrons. The van der Waals surface area contributed by atoms with Crippen LogP contribution in [0.2, 0.25) is 5.02 Å². The summed E-state index contributed by atoms with van der Waals surface area (Å²) in [5.41, 5.74) is 0.599. The van der Waals surface area contributed by atoms with E-state index in [0.717, 1.165) is 6.07 Å². The maximum absolute atomic E-state index is 13.0. The number of ether oxygens (including phenoxy) is 1. The van der Waals surface area contributed by atoms with Crippen LogP contribution in [0.15, 0.2) is 66.7 Å². The molecule has 7 nitrogen and oxygen atoms in total. The Morgan fingerprint density at radius 1 is 1.03 bits per heavy atom. The highest BCUT2D eigenvalue weighted by Gasteiger charge is 2.18. The Hall–Kier alpha value is -3.78. The van der Waals surface area contributed by atoms with Crippen molar-refractivity contribution in [3.05, 3.63) is 98.8 Å². The minimum absolute atomic E-state index is 0.0940. The molecule has 3 rings (SSSR count). The lowest BCUT2D eigenvalue weighted by Gasteiger charge is -2.15. The van der Waals surface area contributed by atoms with Crippen LogP contribution in [-0.2, 0) is 4.79 Å². The Balaban J connectivity index is 1.65. The smallest absolute Gasteiger partial charge is 0.271 e. The van der Waals surface area contributed by atoms with Crippen LogP contribution in [-0.4, -0.2) is 22.7 Å². The number of carbonyl (C=O) groups excluding carboxylic acids is 2. The van der Waals surface area contributed by atoms with Gasteiger partial charge in [0.1, 0.15) is 11.6 Å². The first-order valence-corrected chi connectivity index (χ1v) is 9.44. The van der Waals surface area contributed by atoms with Crippen LogP contribution in [0.4, 0.5) is 15.8 Å². The standard InChI is InChI=1S/C22H16ClFN2O5/c1-13(22(28)25-20-12-17(26(29)30)8-11-19(20)23)31-18-9-4-15(5-10-18)21(27)14-2-6-16(24)7-3-14/h2-13H,1H3,(H,25,28). The summed E-state index contributed by atoms with van der Waals surface area (Å²) >= 11 is 5.99. The molecule has 1 atom stereocenters. The van der Waals surface area contributed by atoms with E-state index in [9.17, 15) is 24.1 Å². The molecular weight excluding hydrogens is 427 g/mol. The lowest BCUT2D eigenvalue weighted by molar-refractivity contribution is -0.384. The van der Waals surface area contributed by atoms with Gasteiger partial charge in [-0.25, -0.2) is 4.39 Å². The number of hydrogen-bond acceptors (Lipinski definition) is 5. The molecule has 0 spiro atoms. The zero-order chi connectivity index (χ0) is 22.5. The Bertz CT molecular complexity index is 1130. The number of nitro benzene ring substituents is 1. The van der Waals surface area contributed by atoms with Crippen molar-refractivity contribution in [2.24, 2.45) is 0 Å². The topological polar surface area (TPSA) is 98.5 Å². The number of halogens is 2. The van der Waals surface area contributed by atoms with Gasteiger partial charge in [0.15, 0.2) is 11.9 Å². The SMILES string of the molecule is CC(Oc1ccc(C(=O)c2ccc(F)cc2)cc1)C(=O)Nc1cc([N+](=O)[O-])ccc1Cl. The van der Waals surface area contributed by atoms with Crippen LogP contribution in [0.5, 0.6) is 5.75 Å². The summed E-state index contributed by atoms with van der Waals surface area (Å²) in [4.78, 5) is 35.1. The number of ketones is 1. The molecule has 3 aromatic carbocycles. The van der Waals surface area contributed by atoms with Crippen LogP contribution >= 0.6 is 11.6 Å². The summed E-state index contributed by atoms with van der Waals surface area (Å²) in [6.07, 6.45) is -0.950. The first-order chi connectivity index (χ1) is 14.7. The number of non-ortho nitro benzene ring substituents is 1. The average molecular weight is 443 g/mol. The summed E-state index contributed by atoms with van der Waals surface area (Å²) in [6, 6.07) is 15.0. The van der Waals surface area contributed by atoms with Crippen molar-refractivity contribution in [2.45, 2.75) is 13.0 Å². The predicted octanol–water partition coefficient (Wildman–Crippen LogP) is 5.02. The molecule has 0 heterocycles. The van der Waals surface area contributed by atoms with E-state index in [-0.39, 0.29) is 22.2 Å². The summed E-state index contributed by atoms with van der Waals surface area (Å²) < 4.78 is 18.6. The molecule has 3 aromatic rings. The predicted molar refractivity (Wildman–Crippen MR) is 113 cm³/mol. The molecule has 1 amide bonds. The number of nitrogens with one attached hydrogen (secondary N) is 1. The average Bonchev–Trinajstić information content (AvgIpc) is 2.75. The van der Waals surface area contributed by atoms with Gasteiger partial charge in [-0.1, -0.05) is 11.6 Å². The molecule has 0 aliphatic heterocycles. The second-order valence-corrected chi connectivity index (χ2v) is 6.94. The maximum Gasteiger partial charge on any atom is 0.271 e. The molecule has 31 heavy (non-hydrogen) atoms. The van der Waals surface area contributed by atoms with Gasteiger partial charge in [0, 0.05) is 23.3 Å². The Kier molecular flexibility index (Phi) is 6.61. The van der Waals surface area contributed by atoms with Gasteiger partial charge in [-0.05, 0) is 61.5 Å². The fourth-order valence-electron chi connectivity index (χ4n) is 2.67. The van der Waals surface area contributed by atoms with Crippen LogP contribution in [0.1, 0.15) is 22.8 Å². The monoisotopic (exact) mass is 442 g/mol. The number of hydrogen-bond donors (Lipinski definition) is 1. The summed E-state index contributed by atoms with van der Waals surface area (Å²) in [6.45, 7) is 1.50. The van der Waals surface area contributed by atoms with E-state index in [0.29, 0.717) is 16.9 Å². The fraction of sp³-hybridized carbons (Fsp3) is 0.0909. The summed E-state index contributed by atoms with van der Waals surface area (Å²) in [5.74, 6) is -0.936. The zero-order valence-electron chi connectivity index (χ0n) is 16.2. The normalized spacial score (nSPS) is 11.5. The molecule has 158 valence electrons. The molecule has 0 fully saturated rings. The fourth-order valence-corrected chi connectivity index (χ4v) is 2.83. The van der Waals surface area contributed by atoms with Gasteiger partial charge in [-0.15, -0.1) is 0 Å². The molecule has 0 saturated heterocycles. The number of benzene rings is 3. The molecule has 0 aromatic heterocycles. The van der Waals surface area contributed by atoms with Crippen molar-refractivity contribution < 1.29 is 23.6 Å². The van der Waals surface area contributed by atoms with E-state index in [2.05, 4.69) is 5.32 Å². The van der Waals surface area contributed by atoms with Crippen molar-refractivity contribution in [3.8, 4) is 5.75 Å². The molecule has 1 unspecified atom stereocenters. The first kappa shape index (κ1) is 21.9. The minimum Gasteiger partial charge on any atom is -0.481 e. The van der Waals surface area contributed by atoms with E-state index >= 15 is 0 Å². The lowest BCUT2D eigenvalue weighted by atomic mass is 10.0. The molecule has 0 saturated carbocycles. The van der Waals surface area contributed by atoms with E-state index in [1.54, 1.807) is 0 Å². The summed E-state index contributed by atoms with van der Waals surface area (Å²) in [5, 5.41) is 13.5. The van der Waals surface area contributed by atoms with E-state index < -0.39 is 22.8 Å². The number of nitro groups is 1. The molecular formula is C22H16ClFN2O5. The third-order valence-electron chi connectivity index (χ3n) is 4.32. The number of carbonyl (C=O) groups is 2. The van der Waals surface area contributed by atoms with Gasteiger partial charge in [0.05, 0.1) is 15.6 Å². The van der Waals surface area contributed by atoms with Gasteiger partial charge in [-0.3, -0.25) is 19.7 Å². The minimum atomic E-state index is -0.950. The van der Waals surface area contributed by atoms with Crippen molar-refractivity contribution in [1.82, 2.24) is 0 Å². The molecule has 9 heteroatoms. The quantitative estimate of drug-likeness (QED) is 0.314. The van der Waals surface area contributed by atoms with Gasteiger partial charge in [0.25, 0.3) is 11.6 Å². The first-order valence-electron chi connectivity index (χ1n) is 9.06. The highest BCUT2D eigenvalue weighted by Crippen LogP contribution is 2.27. The van der Waals surface area contributed by atoms with Gasteiger partial charge >= 0.3 is 0 Å². The lowest BCUT2D eigenvalue weighted by Crippen LogP contribution is -2.30. The molecule has 0 aliphatic rings. The van der Waals surface area contributed by atoms with E-state index in [1.807, 2.05) is 0 Å². The van der Waals surface area contributed by atoms with Gasteiger partial charge in [-0.2, -0.15) is 0 Å². The van der Waals surface area contributed by atoms with Crippen molar-refractivity contribution in [3.63, 3.8) is 0 Å². The van der Waals surface area contributed by atoms with Gasteiger partial charge in [0.2, 0.25) is 0 Å². The van der Waals surface area contributed by atoms with E-state index in [4.69, 9.17) is 16.3 Å². The zero-order valence-corrected chi connectivity index (χ0v) is 16.9. The highest BCUT2D eigenvalue weighted by molar-refractivity contribution is 6.33. The number of anilines is 1. The second kappa shape index (κ2) is 9.36. The third-order valence-corrected chi connectivity index (χ3v) is 4.65. The Morgan fingerprint density at radius 2 is 1.61 bits per heavy atom. The van der Waals surface area contributed by atoms with Gasteiger partial charge < -0.3 is 10.1 Å². The molecule has 1 N–H and O–H groups in total. The molecule has 0 aliphatic carbocycles. The van der Waals surface area contributed by atoms with Crippen molar-refractivity contribution in [2.75, 3.05) is 5.32 Å². The maximum atomic E-state index is 13.0. The van der Waals surface area contributed by atoms with Crippen LogP contribution < -0.4 is 10.1 Å². The second-order valence-electron chi connectivity index (χ2n) is 6.53. The largest absolute Gasteiger partial charge is 0.481 e. The van der Waals surface area contributed by atoms with Crippen molar-refractivity contribution >= 4 is 34.7 Å². The molecule has 0 bridgehead atoms. The number of rotatable bonds is 7. The van der Waals surface area contributed by atoms with Crippen molar-refractivity contribution in [1.29, 1.82) is 0 Å². The van der Waals surface area contributed by atoms with Crippen LogP contribution in [0, 0.1) is 15.9 Å². The Labute approximate surface area is 181 Å². The van der Waals surface area contributed by atoms with Crippen LogP contribution in [0.25, 0.3) is 0 Å². The highest BCUT2D eigenvalue weighted by atomic mass is 35.5. The Morgan fingerprint density at radius 3 is 2.19 bits per heavy atom. The number of amides is 1. The van der Waals surface area contributed by atoms with E-state index in [1.165, 1.54) is 67.6 Å². The summed E-state index contributed by atoms with van der Waals surface area (Å²) in [7, 11) is 0. The van der Waals surface area contributed by atoms with Crippen LogP contribution in [0.3, 0.4) is 0 Å². The third kappa shape index (κ3) is 5.43. The number of nitrogens with zero attached hydrogens (tertiary/aromatic N) is 1.